The Morgan fingerprint density at radius 3 is 2.32 bits per heavy atom. The Hall–Kier alpha value is -2.04. The molecule has 0 saturated carbocycles. The SMILES string of the molecule is Cc1cc(C)c(O)c(C(C)(C)CN2C(=O)NC(=O)C2(C)C)c1. The lowest BCUT2D eigenvalue weighted by Gasteiger charge is -2.36. The van der Waals surface area contributed by atoms with E-state index in [1.54, 1.807) is 13.8 Å². The normalized spacial score (nSPS) is 17.8. The lowest BCUT2D eigenvalue weighted by molar-refractivity contribution is -0.125. The van der Waals surface area contributed by atoms with Crippen LogP contribution in [-0.4, -0.2) is 34.0 Å². The highest BCUT2D eigenvalue weighted by atomic mass is 16.3. The van der Waals surface area contributed by atoms with Crippen molar-refractivity contribution in [1.82, 2.24) is 10.2 Å². The first-order chi connectivity index (χ1) is 9.96. The molecule has 0 atom stereocenters. The molecule has 1 fully saturated rings. The van der Waals surface area contributed by atoms with Crippen LogP contribution in [0.1, 0.15) is 44.4 Å². The van der Waals surface area contributed by atoms with Crippen LogP contribution in [0.2, 0.25) is 0 Å². The number of amides is 3. The van der Waals surface area contributed by atoms with E-state index < -0.39 is 11.0 Å². The predicted octanol–water partition coefficient (Wildman–Crippen LogP) is 2.62. The summed E-state index contributed by atoms with van der Waals surface area (Å²) in [5, 5.41) is 12.7. The van der Waals surface area contributed by atoms with E-state index in [9.17, 15) is 14.7 Å². The number of hydrogen-bond donors (Lipinski definition) is 2. The monoisotopic (exact) mass is 304 g/mol. The summed E-state index contributed by atoms with van der Waals surface area (Å²) < 4.78 is 0. The third kappa shape index (κ3) is 2.56. The van der Waals surface area contributed by atoms with Gasteiger partial charge in [-0.2, -0.15) is 0 Å². The average Bonchev–Trinajstić information content (AvgIpc) is 2.56. The highest BCUT2D eigenvalue weighted by Gasteiger charge is 2.47. The van der Waals surface area contributed by atoms with Crippen LogP contribution in [0.15, 0.2) is 12.1 Å². The second kappa shape index (κ2) is 5.00. The molecule has 1 heterocycles. The van der Waals surface area contributed by atoms with E-state index in [1.165, 1.54) is 4.90 Å². The first kappa shape index (κ1) is 16.3. The van der Waals surface area contributed by atoms with Crippen molar-refractivity contribution in [2.45, 2.75) is 52.5 Å². The fourth-order valence-electron chi connectivity index (χ4n) is 2.92. The fraction of sp³-hybridized carbons (Fsp3) is 0.529. The number of benzene rings is 1. The summed E-state index contributed by atoms with van der Waals surface area (Å²) in [5.74, 6) is -0.0442. The molecule has 1 aromatic carbocycles. The number of phenols is 1. The summed E-state index contributed by atoms with van der Waals surface area (Å²) >= 11 is 0. The zero-order valence-corrected chi connectivity index (χ0v) is 14.1. The maximum Gasteiger partial charge on any atom is 0.325 e. The van der Waals surface area contributed by atoms with Crippen molar-refractivity contribution in [2.75, 3.05) is 6.54 Å². The van der Waals surface area contributed by atoms with Crippen molar-refractivity contribution in [3.8, 4) is 5.75 Å². The van der Waals surface area contributed by atoms with Crippen molar-refractivity contribution in [3.63, 3.8) is 0 Å². The molecule has 0 aliphatic carbocycles. The number of aryl methyl sites for hydroxylation is 2. The van der Waals surface area contributed by atoms with Crippen LogP contribution >= 0.6 is 0 Å². The zero-order valence-electron chi connectivity index (χ0n) is 14.1. The topological polar surface area (TPSA) is 69.6 Å². The quantitative estimate of drug-likeness (QED) is 0.843. The van der Waals surface area contributed by atoms with Crippen molar-refractivity contribution >= 4 is 11.9 Å². The molecule has 1 saturated heterocycles. The van der Waals surface area contributed by atoms with Crippen LogP contribution in [-0.2, 0) is 10.2 Å². The number of aromatic hydroxyl groups is 1. The number of hydrogen-bond acceptors (Lipinski definition) is 3. The predicted molar refractivity (Wildman–Crippen MR) is 84.9 cm³/mol. The van der Waals surface area contributed by atoms with Gasteiger partial charge in [0.2, 0.25) is 0 Å². The average molecular weight is 304 g/mol. The smallest absolute Gasteiger partial charge is 0.325 e. The number of carbonyl (C=O) groups excluding carboxylic acids is 2. The molecule has 22 heavy (non-hydrogen) atoms. The van der Waals surface area contributed by atoms with Crippen molar-refractivity contribution in [3.05, 3.63) is 28.8 Å². The van der Waals surface area contributed by atoms with E-state index in [0.717, 1.165) is 16.7 Å². The zero-order chi connectivity index (χ0) is 16.9. The summed E-state index contributed by atoms with van der Waals surface area (Å²) in [6, 6.07) is 3.47. The standard InChI is InChI=1S/C17H24N2O3/c1-10-7-11(2)13(20)12(8-10)16(3,4)9-19-15(22)18-14(21)17(19,5)6/h7-8,20H,9H2,1-6H3,(H,18,21,22). The summed E-state index contributed by atoms with van der Waals surface area (Å²) in [7, 11) is 0. The van der Waals surface area contributed by atoms with Gasteiger partial charge in [-0.25, -0.2) is 4.79 Å². The van der Waals surface area contributed by atoms with Gasteiger partial charge in [-0.1, -0.05) is 31.5 Å². The van der Waals surface area contributed by atoms with Gasteiger partial charge in [0.05, 0.1) is 0 Å². The second-order valence-corrected chi connectivity index (χ2v) is 7.27. The molecule has 1 aromatic rings. The van der Waals surface area contributed by atoms with Gasteiger partial charge in [0.15, 0.2) is 0 Å². The third-order valence-electron chi connectivity index (χ3n) is 4.42. The molecule has 2 rings (SSSR count). The second-order valence-electron chi connectivity index (χ2n) is 7.27. The Balaban J connectivity index is 2.40. The summed E-state index contributed by atoms with van der Waals surface area (Å²) in [5.41, 5.74) is 1.28. The molecule has 1 aliphatic heterocycles. The van der Waals surface area contributed by atoms with Crippen LogP contribution in [0.3, 0.4) is 0 Å². The first-order valence-electron chi connectivity index (χ1n) is 7.40. The minimum absolute atomic E-state index is 0.249. The lowest BCUT2D eigenvalue weighted by Crippen LogP contribution is -2.49. The number of nitrogens with one attached hydrogen (secondary N) is 1. The summed E-state index contributed by atoms with van der Waals surface area (Å²) in [6.45, 7) is 11.6. The number of urea groups is 1. The van der Waals surface area contributed by atoms with Gasteiger partial charge in [0, 0.05) is 17.5 Å². The van der Waals surface area contributed by atoms with E-state index in [4.69, 9.17) is 0 Å². The van der Waals surface area contributed by atoms with Gasteiger partial charge >= 0.3 is 6.03 Å². The van der Waals surface area contributed by atoms with Crippen LogP contribution in [0.4, 0.5) is 4.79 Å². The van der Waals surface area contributed by atoms with Crippen LogP contribution < -0.4 is 5.32 Å². The molecule has 0 aromatic heterocycles. The molecule has 0 unspecified atom stereocenters. The third-order valence-corrected chi connectivity index (χ3v) is 4.42. The Kier molecular flexibility index (Phi) is 3.71. The molecule has 1 aliphatic rings. The minimum Gasteiger partial charge on any atom is -0.507 e. The number of rotatable bonds is 3. The van der Waals surface area contributed by atoms with Gasteiger partial charge in [0.1, 0.15) is 11.3 Å². The highest BCUT2D eigenvalue weighted by molar-refractivity contribution is 6.06. The minimum atomic E-state index is -0.886. The van der Waals surface area contributed by atoms with Crippen molar-refractivity contribution < 1.29 is 14.7 Å². The fourth-order valence-corrected chi connectivity index (χ4v) is 2.92. The Morgan fingerprint density at radius 2 is 1.82 bits per heavy atom. The first-order valence-corrected chi connectivity index (χ1v) is 7.40. The molecule has 120 valence electrons. The molecule has 2 N–H and O–H groups in total. The van der Waals surface area contributed by atoms with Gasteiger partial charge in [0.25, 0.3) is 5.91 Å². The van der Waals surface area contributed by atoms with Crippen molar-refractivity contribution in [1.29, 1.82) is 0 Å². The molecular formula is C17H24N2O3. The molecule has 5 heteroatoms. The van der Waals surface area contributed by atoms with Crippen molar-refractivity contribution in [2.24, 2.45) is 0 Å². The van der Waals surface area contributed by atoms with Gasteiger partial charge < -0.3 is 10.0 Å². The number of nitrogens with zero attached hydrogens (tertiary/aromatic N) is 1. The molecule has 0 spiro atoms. The Bertz CT molecular complexity index is 648. The van der Waals surface area contributed by atoms with E-state index in [0.29, 0.717) is 6.54 Å². The van der Waals surface area contributed by atoms with Crippen LogP contribution in [0.5, 0.6) is 5.75 Å². The summed E-state index contributed by atoms with van der Waals surface area (Å²) in [4.78, 5) is 25.5. The largest absolute Gasteiger partial charge is 0.507 e. The molecule has 0 bridgehead atoms. The molecular weight excluding hydrogens is 280 g/mol. The van der Waals surface area contributed by atoms with E-state index >= 15 is 0 Å². The van der Waals surface area contributed by atoms with Gasteiger partial charge in [-0.05, 0) is 33.3 Å². The Morgan fingerprint density at radius 1 is 1.23 bits per heavy atom. The van der Waals surface area contributed by atoms with Crippen LogP contribution in [0.25, 0.3) is 0 Å². The molecule has 0 radical (unpaired) electrons. The van der Waals surface area contributed by atoms with E-state index in [1.807, 2.05) is 39.8 Å². The lowest BCUT2D eigenvalue weighted by atomic mass is 9.81. The van der Waals surface area contributed by atoms with E-state index in [-0.39, 0.29) is 17.7 Å². The molecule has 5 nitrogen and oxygen atoms in total. The maximum absolute atomic E-state index is 12.1. The van der Waals surface area contributed by atoms with Crippen LogP contribution in [0, 0.1) is 13.8 Å². The number of phenolic OH excluding ortho intramolecular Hbond substituents is 1. The van der Waals surface area contributed by atoms with Gasteiger partial charge in [-0.15, -0.1) is 0 Å². The number of carbonyl (C=O) groups is 2. The van der Waals surface area contributed by atoms with E-state index in [2.05, 4.69) is 5.32 Å². The maximum atomic E-state index is 12.1. The number of imide groups is 1. The van der Waals surface area contributed by atoms with Gasteiger partial charge in [-0.3, -0.25) is 10.1 Å². The molecule has 3 amide bonds. The summed E-state index contributed by atoms with van der Waals surface area (Å²) in [6.07, 6.45) is 0. The highest BCUT2D eigenvalue weighted by Crippen LogP contribution is 2.37. The Labute approximate surface area is 131 Å².